The number of carbonyl (C=O) groups excluding carboxylic acids is 2. The van der Waals surface area contributed by atoms with Gasteiger partial charge in [-0.1, -0.05) is 44.1 Å². The highest BCUT2D eigenvalue weighted by atomic mass is 19.1. The molecule has 2 aliphatic carbocycles. The van der Waals surface area contributed by atoms with Gasteiger partial charge in [0.15, 0.2) is 0 Å². The topological polar surface area (TPSA) is 43.9 Å². The van der Waals surface area contributed by atoms with E-state index < -0.39 is 0 Å². The van der Waals surface area contributed by atoms with E-state index in [1.807, 2.05) is 12.1 Å². The summed E-state index contributed by atoms with van der Waals surface area (Å²) in [5, 5.41) is 0. The molecule has 2 amide bonds. The fraction of sp³-hybridized carbons (Fsp3) is 0.630. The van der Waals surface area contributed by atoms with Gasteiger partial charge in [-0.25, -0.2) is 4.39 Å². The zero-order valence-corrected chi connectivity index (χ0v) is 20.5. The van der Waals surface area contributed by atoms with Gasteiger partial charge in [-0.2, -0.15) is 0 Å². The molecule has 178 valence electrons. The quantitative estimate of drug-likeness (QED) is 0.500. The normalized spacial score (nSPS) is 36.4. The molecule has 0 aromatic heterocycles. The van der Waals surface area contributed by atoms with Crippen LogP contribution in [0.3, 0.4) is 0 Å². The van der Waals surface area contributed by atoms with Gasteiger partial charge in [0.05, 0.1) is 17.5 Å². The van der Waals surface area contributed by atoms with Crippen LogP contribution in [0, 0.1) is 34.4 Å². The second-order valence-corrected chi connectivity index (χ2v) is 11.0. The van der Waals surface area contributed by atoms with Crippen LogP contribution in [0.1, 0.15) is 41.0 Å². The molecule has 0 radical (unpaired) electrons. The largest absolute Gasteiger partial charge is 0.367 e. The summed E-state index contributed by atoms with van der Waals surface area (Å²) in [6.45, 7) is 15.6. The minimum Gasteiger partial charge on any atom is -0.367 e. The van der Waals surface area contributed by atoms with Crippen molar-refractivity contribution in [1.82, 2.24) is 9.80 Å². The van der Waals surface area contributed by atoms with Gasteiger partial charge in [0.1, 0.15) is 5.82 Å². The first-order valence-corrected chi connectivity index (χ1v) is 12.4. The maximum absolute atomic E-state index is 14.1. The third-order valence-corrected chi connectivity index (χ3v) is 10.1. The third-order valence-electron chi connectivity index (χ3n) is 10.1. The fourth-order valence-corrected chi connectivity index (χ4v) is 7.61. The molecule has 3 unspecified atom stereocenters. The van der Waals surface area contributed by atoms with Gasteiger partial charge in [0.2, 0.25) is 11.8 Å². The molecule has 33 heavy (non-hydrogen) atoms. The van der Waals surface area contributed by atoms with Crippen molar-refractivity contribution in [2.45, 2.75) is 41.0 Å². The van der Waals surface area contributed by atoms with E-state index >= 15 is 0 Å². The van der Waals surface area contributed by atoms with Gasteiger partial charge in [0, 0.05) is 43.6 Å². The average molecular weight is 454 g/mol. The van der Waals surface area contributed by atoms with Crippen molar-refractivity contribution in [3.05, 3.63) is 41.2 Å². The van der Waals surface area contributed by atoms with Crippen LogP contribution < -0.4 is 4.90 Å². The molecule has 2 saturated heterocycles. The number of hydrogen-bond acceptors (Lipinski definition) is 4. The molecule has 1 aromatic rings. The van der Waals surface area contributed by atoms with E-state index in [9.17, 15) is 14.0 Å². The number of carbonyl (C=O) groups is 2. The molecule has 3 fully saturated rings. The second-order valence-electron chi connectivity index (χ2n) is 11.0. The van der Waals surface area contributed by atoms with E-state index in [-0.39, 0.29) is 40.3 Å². The number of para-hydroxylation sites is 1. The molecule has 2 aliphatic heterocycles. The Hall–Kier alpha value is -2.21. The summed E-state index contributed by atoms with van der Waals surface area (Å²) in [7, 11) is 0. The lowest BCUT2D eigenvalue weighted by Gasteiger charge is -2.36. The van der Waals surface area contributed by atoms with E-state index in [0.29, 0.717) is 18.2 Å². The van der Waals surface area contributed by atoms with E-state index in [1.54, 1.807) is 11.0 Å². The summed E-state index contributed by atoms with van der Waals surface area (Å²) in [5.41, 5.74) is 2.87. The fourth-order valence-electron chi connectivity index (χ4n) is 7.61. The first-order valence-electron chi connectivity index (χ1n) is 12.4. The summed E-state index contributed by atoms with van der Waals surface area (Å²) in [4.78, 5) is 33.0. The number of piperazine rings is 1. The molecule has 5 atom stereocenters. The number of benzene rings is 1. The summed E-state index contributed by atoms with van der Waals surface area (Å²) < 4.78 is 14.1. The Labute approximate surface area is 196 Å². The Kier molecular flexibility index (Phi) is 5.24. The van der Waals surface area contributed by atoms with E-state index in [2.05, 4.69) is 44.4 Å². The van der Waals surface area contributed by atoms with Crippen molar-refractivity contribution < 1.29 is 14.0 Å². The number of halogens is 1. The Balaban J connectivity index is 1.19. The molecular formula is C27H36FN3O2. The summed E-state index contributed by atoms with van der Waals surface area (Å²) in [6.07, 6.45) is 0.783. The molecule has 1 aromatic carbocycles. The lowest BCUT2D eigenvalue weighted by atomic mass is 9.66. The second kappa shape index (κ2) is 7.66. The molecule has 1 saturated carbocycles. The van der Waals surface area contributed by atoms with Crippen molar-refractivity contribution in [2.24, 2.45) is 28.6 Å². The number of imide groups is 1. The predicted octanol–water partition coefficient (Wildman–Crippen LogP) is 3.95. The highest BCUT2D eigenvalue weighted by molar-refractivity contribution is 6.07. The highest BCUT2D eigenvalue weighted by Gasteiger charge is 2.75. The maximum Gasteiger partial charge on any atom is 0.234 e. The average Bonchev–Trinajstić information content (AvgIpc) is 3.22. The van der Waals surface area contributed by atoms with Crippen LogP contribution in [0.4, 0.5) is 10.1 Å². The number of nitrogens with zero attached hydrogens (tertiary/aromatic N) is 3. The molecule has 5 rings (SSSR count). The van der Waals surface area contributed by atoms with Crippen molar-refractivity contribution in [3.8, 4) is 0 Å². The van der Waals surface area contributed by atoms with Gasteiger partial charge in [-0.15, -0.1) is 0 Å². The first kappa shape index (κ1) is 22.6. The number of likely N-dealkylation sites (tertiary alicyclic amines) is 1. The Morgan fingerprint density at radius 3 is 2.00 bits per heavy atom. The van der Waals surface area contributed by atoms with Crippen LogP contribution >= 0.6 is 0 Å². The van der Waals surface area contributed by atoms with Gasteiger partial charge < -0.3 is 4.90 Å². The van der Waals surface area contributed by atoms with Gasteiger partial charge in [-0.3, -0.25) is 19.4 Å². The van der Waals surface area contributed by atoms with Crippen LogP contribution in [0.15, 0.2) is 35.4 Å². The maximum atomic E-state index is 14.1. The Morgan fingerprint density at radius 1 is 0.909 bits per heavy atom. The zero-order chi connectivity index (χ0) is 23.7. The van der Waals surface area contributed by atoms with Crippen LogP contribution in [-0.2, 0) is 9.59 Å². The molecule has 4 aliphatic rings. The van der Waals surface area contributed by atoms with Crippen molar-refractivity contribution in [3.63, 3.8) is 0 Å². The Bertz CT molecular complexity index is 986. The van der Waals surface area contributed by atoms with Crippen LogP contribution in [0.5, 0.6) is 0 Å². The predicted molar refractivity (Wildman–Crippen MR) is 127 cm³/mol. The highest BCUT2D eigenvalue weighted by Crippen LogP contribution is 2.74. The van der Waals surface area contributed by atoms with E-state index in [0.717, 1.165) is 39.1 Å². The number of anilines is 1. The standard InChI is InChI=1S/C27H36FN3O2/c1-17-18(2)27(5)19(3)26(17,4)22-23(27)25(33)31(24(22)32)12-8-11-29-13-15-30(16-14-29)21-10-7-6-9-20(21)28/h6-7,9-10,19,22-23H,8,11-16H2,1-5H3/t19?,22?,23?,26-,27+. The summed E-state index contributed by atoms with van der Waals surface area (Å²) >= 11 is 0. The zero-order valence-electron chi connectivity index (χ0n) is 20.5. The lowest BCUT2D eigenvalue weighted by molar-refractivity contribution is -0.142. The number of amides is 2. The SMILES string of the molecule is CC1=C(C)[C@]2(C)C3C(=O)N(CCCN4CCN(c5ccccc5F)CC4)C(=O)C3[C@@]1(C)C2C. The lowest BCUT2D eigenvalue weighted by Crippen LogP contribution is -2.47. The molecule has 5 nitrogen and oxygen atoms in total. The number of fused-ring (bicyclic) bond motifs is 5. The Morgan fingerprint density at radius 2 is 1.45 bits per heavy atom. The number of hydrogen-bond donors (Lipinski definition) is 0. The van der Waals surface area contributed by atoms with Gasteiger partial charge in [-0.05, 0) is 44.9 Å². The summed E-state index contributed by atoms with van der Waals surface area (Å²) in [6, 6.07) is 6.93. The third kappa shape index (κ3) is 2.92. The van der Waals surface area contributed by atoms with Crippen molar-refractivity contribution in [1.29, 1.82) is 0 Å². The molecule has 2 heterocycles. The monoisotopic (exact) mass is 453 g/mol. The van der Waals surface area contributed by atoms with Crippen molar-refractivity contribution >= 4 is 17.5 Å². The molecule has 0 spiro atoms. The minimum atomic E-state index is -0.214. The van der Waals surface area contributed by atoms with Crippen LogP contribution in [0.25, 0.3) is 0 Å². The van der Waals surface area contributed by atoms with Crippen LogP contribution in [-0.4, -0.2) is 60.9 Å². The summed E-state index contributed by atoms with van der Waals surface area (Å²) in [5.74, 6) is -0.205. The minimum absolute atomic E-state index is 0.0410. The van der Waals surface area contributed by atoms with E-state index in [1.165, 1.54) is 17.2 Å². The molecule has 2 bridgehead atoms. The molecule has 0 N–H and O–H groups in total. The smallest absolute Gasteiger partial charge is 0.234 e. The number of allylic oxidation sites excluding steroid dienone is 2. The van der Waals surface area contributed by atoms with Gasteiger partial charge in [0.25, 0.3) is 0 Å². The van der Waals surface area contributed by atoms with Crippen LogP contribution in [0.2, 0.25) is 0 Å². The number of rotatable bonds is 5. The first-order chi connectivity index (χ1) is 15.6. The molecular weight excluding hydrogens is 417 g/mol. The van der Waals surface area contributed by atoms with Crippen molar-refractivity contribution in [2.75, 3.05) is 44.2 Å². The molecule has 6 heteroatoms. The van der Waals surface area contributed by atoms with Gasteiger partial charge >= 0.3 is 0 Å². The van der Waals surface area contributed by atoms with E-state index in [4.69, 9.17) is 0 Å².